The number of hydrogen-bond acceptors (Lipinski definition) is 6. The van der Waals surface area contributed by atoms with Crippen LogP contribution in [0.4, 0.5) is 5.13 Å². The first kappa shape index (κ1) is 18.7. The summed E-state index contributed by atoms with van der Waals surface area (Å²) in [5, 5.41) is 13.4. The van der Waals surface area contributed by atoms with Crippen molar-refractivity contribution in [2.75, 3.05) is 5.32 Å². The Kier molecular flexibility index (Phi) is 6.16. The molecular formula is C18H23N5OS2. The van der Waals surface area contributed by atoms with Gasteiger partial charge >= 0.3 is 0 Å². The molecule has 3 aromatic heterocycles. The summed E-state index contributed by atoms with van der Waals surface area (Å²) in [6, 6.07) is 3.90. The molecular weight excluding hydrogens is 366 g/mol. The zero-order valence-electron chi connectivity index (χ0n) is 15.2. The molecule has 6 nitrogen and oxygen atoms in total. The fourth-order valence-electron chi connectivity index (χ4n) is 2.49. The fourth-order valence-corrected chi connectivity index (χ4v) is 4.41. The number of carbonyl (C=O) groups excluding carboxylic acids is 1. The number of anilines is 1. The van der Waals surface area contributed by atoms with Gasteiger partial charge in [-0.05, 0) is 30.9 Å². The molecule has 0 atom stereocenters. The van der Waals surface area contributed by atoms with Crippen LogP contribution >= 0.6 is 22.7 Å². The number of nitrogens with one attached hydrogen (secondary N) is 1. The third-order valence-corrected chi connectivity index (χ3v) is 5.73. The van der Waals surface area contributed by atoms with Gasteiger partial charge in [-0.25, -0.2) is 4.98 Å². The number of aryl methyl sites for hydroxylation is 1. The van der Waals surface area contributed by atoms with Crippen LogP contribution in [0.5, 0.6) is 0 Å². The number of amides is 1. The maximum atomic E-state index is 12.8. The maximum Gasteiger partial charge on any atom is 0.269 e. The van der Waals surface area contributed by atoms with Gasteiger partial charge in [0.25, 0.3) is 5.91 Å². The lowest BCUT2D eigenvalue weighted by molar-refractivity contribution is 0.102. The number of hydrogen-bond donors (Lipinski definition) is 1. The average Bonchev–Trinajstić information content (AvgIpc) is 3.32. The summed E-state index contributed by atoms with van der Waals surface area (Å²) in [6.45, 7) is 6.41. The Morgan fingerprint density at radius 3 is 2.69 bits per heavy atom. The normalized spacial score (nSPS) is 11.2. The van der Waals surface area contributed by atoms with Gasteiger partial charge in [0.1, 0.15) is 9.88 Å². The summed E-state index contributed by atoms with van der Waals surface area (Å²) in [4.78, 5) is 18.1. The van der Waals surface area contributed by atoms with Gasteiger partial charge in [-0.15, -0.1) is 10.2 Å². The summed E-state index contributed by atoms with van der Waals surface area (Å²) in [5.74, 6) is 0.358. The van der Waals surface area contributed by atoms with Gasteiger partial charge in [0.2, 0.25) is 5.13 Å². The molecule has 3 heterocycles. The van der Waals surface area contributed by atoms with Crippen LogP contribution in [0, 0.1) is 5.92 Å². The summed E-state index contributed by atoms with van der Waals surface area (Å²) in [7, 11) is 0. The molecule has 0 saturated carbocycles. The standard InChI is InChI=1S/C18H23N5OS2/c1-4-5-8-13-15(26-18(19-13)23-9-6-7-10-23)16(24)20-17-22-21-14(25-17)11-12(2)3/h6-7,9-10,12H,4-5,8,11H2,1-3H3,(H,20,22,24). The van der Waals surface area contributed by atoms with Crippen molar-refractivity contribution in [2.45, 2.75) is 46.5 Å². The first-order valence-corrected chi connectivity index (χ1v) is 10.5. The minimum Gasteiger partial charge on any atom is -0.300 e. The molecule has 0 spiro atoms. The highest BCUT2D eigenvalue weighted by atomic mass is 32.1. The van der Waals surface area contributed by atoms with Crippen LogP contribution in [0.2, 0.25) is 0 Å². The van der Waals surface area contributed by atoms with E-state index in [-0.39, 0.29) is 5.91 Å². The van der Waals surface area contributed by atoms with Gasteiger partial charge in [-0.2, -0.15) is 0 Å². The molecule has 0 saturated heterocycles. The second kappa shape index (κ2) is 8.55. The van der Waals surface area contributed by atoms with Gasteiger partial charge in [-0.3, -0.25) is 10.1 Å². The molecule has 0 aromatic carbocycles. The average molecular weight is 390 g/mol. The molecule has 0 aliphatic rings. The zero-order chi connectivity index (χ0) is 18.5. The molecule has 8 heteroatoms. The Balaban J connectivity index is 1.79. The highest BCUT2D eigenvalue weighted by Crippen LogP contribution is 2.26. The maximum absolute atomic E-state index is 12.8. The highest BCUT2D eigenvalue weighted by Gasteiger charge is 2.20. The van der Waals surface area contributed by atoms with Crippen LogP contribution in [0.25, 0.3) is 5.13 Å². The van der Waals surface area contributed by atoms with E-state index in [1.165, 1.54) is 22.7 Å². The quantitative estimate of drug-likeness (QED) is 0.612. The van der Waals surface area contributed by atoms with E-state index in [9.17, 15) is 4.79 Å². The van der Waals surface area contributed by atoms with E-state index in [1.54, 1.807) is 0 Å². The summed E-state index contributed by atoms with van der Waals surface area (Å²) in [5.41, 5.74) is 0.852. The Morgan fingerprint density at radius 1 is 1.23 bits per heavy atom. The number of thiazole rings is 1. The van der Waals surface area contributed by atoms with E-state index in [2.05, 4.69) is 41.3 Å². The van der Waals surface area contributed by atoms with Crippen molar-refractivity contribution in [2.24, 2.45) is 5.92 Å². The fraction of sp³-hybridized carbons (Fsp3) is 0.444. The monoisotopic (exact) mass is 389 g/mol. The van der Waals surface area contributed by atoms with Crippen molar-refractivity contribution >= 4 is 33.7 Å². The van der Waals surface area contributed by atoms with E-state index >= 15 is 0 Å². The van der Waals surface area contributed by atoms with Crippen LogP contribution in [0.15, 0.2) is 24.5 Å². The van der Waals surface area contributed by atoms with Crippen LogP contribution in [0.1, 0.15) is 54.0 Å². The molecule has 0 aliphatic carbocycles. The van der Waals surface area contributed by atoms with E-state index < -0.39 is 0 Å². The predicted octanol–water partition coefficient (Wildman–Crippen LogP) is 4.58. The number of rotatable bonds is 8. The SMILES string of the molecule is CCCCc1nc(-n2cccc2)sc1C(=O)Nc1nnc(CC(C)C)s1. The van der Waals surface area contributed by atoms with Gasteiger partial charge in [0.15, 0.2) is 5.13 Å². The molecule has 1 amide bonds. The van der Waals surface area contributed by atoms with Crippen LogP contribution in [-0.4, -0.2) is 25.7 Å². The Bertz CT molecular complexity index is 851. The van der Waals surface area contributed by atoms with E-state index in [1.807, 2.05) is 29.1 Å². The molecule has 3 aromatic rings. The molecule has 0 bridgehead atoms. The van der Waals surface area contributed by atoms with E-state index in [0.717, 1.165) is 41.5 Å². The topological polar surface area (TPSA) is 72.7 Å². The third-order valence-electron chi connectivity index (χ3n) is 3.75. The first-order valence-electron chi connectivity index (χ1n) is 8.83. The van der Waals surface area contributed by atoms with Crippen molar-refractivity contribution in [1.82, 2.24) is 19.7 Å². The predicted molar refractivity (Wildman–Crippen MR) is 106 cm³/mol. The summed E-state index contributed by atoms with van der Waals surface area (Å²) in [6.07, 6.45) is 7.61. The Morgan fingerprint density at radius 2 is 2.00 bits per heavy atom. The van der Waals surface area contributed by atoms with Crippen LogP contribution in [-0.2, 0) is 12.8 Å². The van der Waals surface area contributed by atoms with Gasteiger partial charge < -0.3 is 4.57 Å². The highest BCUT2D eigenvalue weighted by molar-refractivity contribution is 7.17. The van der Waals surface area contributed by atoms with Gasteiger partial charge in [0.05, 0.1) is 5.69 Å². The molecule has 0 radical (unpaired) electrons. The molecule has 0 unspecified atom stereocenters. The Labute approximate surface area is 161 Å². The smallest absolute Gasteiger partial charge is 0.269 e. The second-order valence-corrected chi connectivity index (χ2v) is 8.56. The number of aromatic nitrogens is 4. The van der Waals surface area contributed by atoms with Crippen molar-refractivity contribution in [3.63, 3.8) is 0 Å². The first-order chi connectivity index (χ1) is 12.6. The summed E-state index contributed by atoms with van der Waals surface area (Å²) < 4.78 is 1.93. The number of nitrogens with zero attached hydrogens (tertiary/aromatic N) is 4. The molecule has 26 heavy (non-hydrogen) atoms. The van der Waals surface area contributed by atoms with E-state index in [4.69, 9.17) is 0 Å². The third kappa shape index (κ3) is 4.56. The zero-order valence-corrected chi connectivity index (χ0v) is 16.9. The molecule has 1 N–H and O–H groups in total. The van der Waals surface area contributed by atoms with Crippen molar-refractivity contribution < 1.29 is 4.79 Å². The lowest BCUT2D eigenvalue weighted by atomic mass is 10.1. The molecule has 3 rings (SSSR count). The number of carbonyl (C=O) groups is 1. The minimum absolute atomic E-state index is 0.153. The lowest BCUT2D eigenvalue weighted by Crippen LogP contribution is -2.12. The summed E-state index contributed by atoms with van der Waals surface area (Å²) >= 11 is 2.85. The molecule has 138 valence electrons. The largest absolute Gasteiger partial charge is 0.300 e. The van der Waals surface area contributed by atoms with Crippen LogP contribution < -0.4 is 5.32 Å². The lowest BCUT2D eigenvalue weighted by Gasteiger charge is -2.01. The Hall–Kier alpha value is -2.06. The van der Waals surface area contributed by atoms with Gasteiger partial charge in [-0.1, -0.05) is 49.9 Å². The number of unbranched alkanes of at least 4 members (excludes halogenated alkanes) is 1. The van der Waals surface area contributed by atoms with Gasteiger partial charge in [0, 0.05) is 18.8 Å². The van der Waals surface area contributed by atoms with Crippen molar-refractivity contribution in [3.8, 4) is 5.13 Å². The second-order valence-electron chi connectivity index (χ2n) is 6.52. The van der Waals surface area contributed by atoms with Crippen LogP contribution in [0.3, 0.4) is 0 Å². The van der Waals surface area contributed by atoms with Crippen molar-refractivity contribution in [1.29, 1.82) is 0 Å². The minimum atomic E-state index is -0.153. The molecule has 0 fully saturated rings. The van der Waals surface area contributed by atoms with E-state index in [0.29, 0.717) is 15.9 Å². The van der Waals surface area contributed by atoms with Crippen molar-refractivity contribution in [3.05, 3.63) is 40.1 Å². The molecule has 0 aliphatic heterocycles.